The van der Waals surface area contributed by atoms with Gasteiger partial charge in [0.15, 0.2) is 11.6 Å². The fourth-order valence-electron chi connectivity index (χ4n) is 4.11. The van der Waals surface area contributed by atoms with Gasteiger partial charge in [-0.25, -0.2) is 14.8 Å². The summed E-state index contributed by atoms with van der Waals surface area (Å²) >= 11 is 0. The summed E-state index contributed by atoms with van der Waals surface area (Å²) in [6.45, 7) is 5.99. The molecule has 2 aromatic heterocycles. The van der Waals surface area contributed by atoms with E-state index in [0.29, 0.717) is 43.5 Å². The van der Waals surface area contributed by atoms with Crippen LogP contribution >= 0.6 is 0 Å². The Labute approximate surface area is 203 Å². The van der Waals surface area contributed by atoms with Gasteiger partial charge < -0.3 is 25.2 Å². The highest BCUT2D eigenvalue weighted by atomic mass is 16.5. The van der Waals surface area contributed by atoms with Crippen molar-refractivity contribution in [1.82, 2.24) is 25.5 Å². The van der Waals surface area contributed by atoms with Crippen LogP contribution in [0, 0.1) is 6.92 Å². The molecule has 2 aromatic rings. The number of carbonyl (C=O) groups excluding carboxylic acids is 2. The lowest BCUT2D eigenvalue weighted by atomic mass is 9.99. The molecule has 2 bridgehead atoms. The van der Waals surface area contributed by atoms with Crippen LogP contribution in [-0.2, 0) is 0 Å². The van der Waals surface area contributed by atoms with E-state index in [4.69, 9.17) is 14.9 Å². The molecule has 1 atom stereocenters. The average molecular weight is 489 g/mol. The number of ether oxygens (including phenoxy) is 1. The molecule has 1 fully saturated rings. The summed E-state index contributed by atoms with van der Waals surface area (Å²) in [6, 6.07) is 2.72. The number of aryl methyl sites for hydroxylation is 1. The minimum atomic E-state index is -0.397. The fourth-order valence-corrected chi connectivity index (χ4v) is 4.11. The van der Waals surface area contributed by atoms with E-state index in [0.717, 1.165) is 32.2 Å². The van der Waals surface area contributed by atoms with E-state index in [2.05, 4.69) is 35.7 Å². The van der Waals surface area contributed by atoms with Crippen molar-refractivity contribution in [3.05, 3.63) is 23.7 Å². The van der Waals surface area contributed by atoms with Crippen LogP contribution in [-0.4, -0.2) is 88.3 Å². The van der Waals surface area contributed by atoms with Gasteiger partial charge in [0.1, 0.15) is 5.69 Å². The molecule has 0 radical (unpaired) electrons. The van der Waals surface area contributed by atoms with Crippen LogP contribution in [0.15, 0.2) is 12.1 Å². The molecule has 190 valence electrons. The molecule has 2 aliphatic heterocycles. The summed E-state index contributed by atoms with van der Waals surface area (Å²) in [5.74, 6) is 0.661. The largest absolute Gasteiger partial charge is 0.477 e. The number of fused-ring (bicyclic) bond motifs is 4. The summed E-state index contributed by atoms with van der Waals surface area (Å²) in [7, 11) is 1.00. The standard InChI is InChI=1S/C21H28N8O4.CH4O/c1-3-22-20(31)18-23-13(2)17-19(25-18)29(14-6-4-9-28(17)12-14)21(32)24-15-7-8-16(27-26-15)33-11-5-10-30;1-2/h7-8,14,30H,3-6,9-12H2,1-2H3,(H,22,31)(H,24,26,32);2H,1H3. The van der Waals surface area contributed by atoms with Gasteiger partial charge >= 0.3 is 6.03 Å². The van der Waals surface area contributed by atoms with E-state index in [1.807, 2.05) is 13.8 Å². The third-order valence-corrected chi connectivity index (χ3v) is 5.53. The topological polar surface area (TPSA) is 166 Å². The van der Waals surface area contributed by atoms with Crippen LogP contribution in [0.2, 0.25) is 0 Å². The van der Waals surface area contributed by atoms with Gasteiger partial charge in [0.25, 0.3) is 5.91 Å². The van der Waals surface area contributed by atoms with Crippen LogP contribution < -0.4 is 25.2 Å². The second kappa shape index (κ2) is 12.2. The van der Waals surface area contributed by atoms with Gasteiger partial charge in [0.2, 0.25) is 11.7 Å². The number of carbonyl (C=O) groups is 2. The Balaban J connectivity index is 0.00000167. The Morgan fingerprint density at radius 1 is 1.23 bits per heavy atom. The molecule has 4 rings (SSSR count). The smallest absolute Gasteiger partial charge is 0.329 e. The summed E-state index contributed by atoms with van der Waals surface area (Å²) in [6.07, 6.45) is 2.25. The van der Waals surface area contributed by atoms with Crippen molar-refractivity contribution in [1.29, 1.82) is 0 Å². The number of aromatic nitrogens is 4. The zero-order chi connectivity index (χ0) is 25.4. The quantitative estimate of drug-likeness (QED) is 0.408. The average Bonchev–Trinajstić information content (AvgIpc) is 2.86. The lowest BCUT2D eigenvalue weighted by Gasteiger charge is -2.46. The molecular formula is C22H32N8O5. The molecule has 4 heterocycles. The second-order valence-corrected chi connectivity index (χ2v) is 7.89. The molecule has 0 spiro atoms. The fraction of sp³-hybridized carbons (Fsp3) is 0.545. The summed E-state index contributed by atoms with van der Waals surface area (Å²) in [5, 5.41) is 29.3. The highest BCUT2D eigenvalue weighted by Crippen LogP contribution is 2.39. The van der Waals surface area contributed by atoms with Crippen molar-refractivity contribution in [2.45, 2.75) is 39.2 Å². The molecule has 3 amide bonds. The van der Waals surface area contributed by atoms with Crippen LogP contribution in [0.1, 0.15) is 42.5 Å². The maximum Gasteiger partial charge on any atom is 0.329 e. The van der Waals surface area contributed by atoms with Gasteiger partial charge in [0, 0.05) is 45.8 Å². The first kappa shape index (κ1) is 26.0. The van der Waals surface area contributed by atoms with Crippen molar-refractivity contribution >= 4 is 29.3 Å². The Hall–Kier alpha value is -3.58. The molecule has 0 saturated carbocycles. The predicted molar refractivity (Wildman–Crippen MR) is 129 cm³/mol. The number of aliphatic hydroxyl groups is 2. The minimum Gasteiger partial charge on any atom is -0.477 e. The molecule has 35 heavy (non-hydrogen) atoms. The number of hydrogen-bond donors (Lipinski definition) is 4. The van der Waals surface area contributed by atoms with Crippen molar-refractivity contribution in [2.75, 3.05) is 55.1 Å². The van der Waals surface area contributed by atoms with Crippen molar-refractivity contribution in [2.24, 2.45) is 0 Å². The van der Waals surface area contributed by atoms with Crippen molar-refractivity contribution in [3.8, 4) is 5.88 Å². The van der Waals surface area contributed by atoms with Crippen LogP contribution in [0.4, 0.5) is 22.1 Å². The SMILES string of the molecule is CCNC(=O)c1nc(C)c2c(n1)N(C(=O)Nc1ccc(OCCCO)nn1)C1CCCN2C1.CO. The zero-order valence-corrected chi connectivity index (χ0v) is 20.2. The van der Waals surface area contributed by atoms with Gasteiger partial charge in [0.05, 0.1) is 18.3 Å². The zero-order valence-electron chi connectivity index (χ0n) is 20.2. The van der Waals surface area contributed by atoms with E-state index in [9.17, 15) is 9.59 Å². The van der Waals surface area contributed by atoms with Crippen molar-refractivity contribution < 1.29 is 24.5 Å². The number of urea groups is 1. The minimum absolute atomic E-state index is 0.0301. The monoisotopic (exact) mass is 488 g/mol. The summed E-state index contributed by atoms with van der Waals surface area (Å²) in [4.78, 5) is 38.4. The van der Waals surface area contributed by atoms with E-state index >= 15 is 0 Å². The Morgan fingerprint density at radius 2 is 2.03 bits per heavy atom. The Kier molecular flexibility index (Phi) is 9.09. The highest BCUT2D eigenvalue weighted by Gasteiger charge is 2.40. The van der Waals surface area contributed by atoms with Gasteiger partial charge in [-0.05, 0) is 32.8 Å². The predicted octanol–water partition coefficient (Wildman–Crippen LogP) is 0.715. The van der Waals surface area contributed by atoms with Crippen LogP contribution in [0.25, 0.3) is 0 Å². The molecule has 1 unspecified atom stereocenters. The summed E-state index contributed by atoms with van der Waals surface area (Å²) in [5.41, 5.74) is 1.43. The number of aliphatic hydroxyl groups excluding tert-OH is 2. The number of anilines is 3. The van der Waals surface area contributed by atoms with E-state index in [-0.39, 0.29) is 30.2 Å². The number of nitrogens with one attached hydrogen (secondary N) is 2. The van der Waals surface area contributed by atoms with E-state index in [1.54, 1.807) is 17.0 Å². The summed E-state index contributed by atoms with van der Waals surface area (Å²) < 4.78 is 5.37. The lowest BCUT2D eigenvalue weighted by Crippen LogP contribution is -2.56. The number of hydrogen-bond acceptors (Lipinski definition) is 10. The molecule has 4 N–H and O–H groups in total. The van der Waals surface area contributed by atoms with Gasteiger partial charge in [-0.2, -0.15) is 0 Å². The first-order valence-corrected chi connectivity index (χ1v) is 11.6. The van der Waals surface area contributed by atoms with Gasteiger partial charge in [-0.1, -0.05) is 0 Å². The second-order valence-electron chi connectivity index (χ2n) is 7.89. The number of piperidine rings is 1. The molecule has 0 aromatic carbocycles. The molecule has 1 saturated heterocycles. The maximum absolute atomic E-state index is 13.4. The molecule has 2 aliphatic rings. The number of rotatable bonds is 7. The van der Waals surface area contributed by atoms with Crippen LogP contribution in [0.5, 0.6) is 5.88 Å². The van der Waals surface area contributed by atoms with E-state index < -0.39 is 6.03 Å². The maximum atomic E-state index is 13.4. The molecule has 13 nitrogen and oxygen atoms in total. The lowest BCUT2D eigenvalue weighted by molar-refractivity contribution is 0.0945. The third-order valence-electron chi connectivity index (χ3n) is 5.53. The van der Waals surface area contributed by atoms with Crippen molar-refractivity contribution in [3.63, 3.8) is 0 Å². The normalized spacial score (nSPS) is 16.0. The first-order valence-electron chi connectivity index (χ1n) is 11.6. The van der Waals surface area contributed by atoms with Gasteiger partial charge in [-0.3, -0.25) is 15.0 Å². The highest BCUT2D eigenvalue weighted by molar-refractivity contribution is 6.04. The Morgan fingerprint density at radius 3 is 2.71 bits per heavy atom. The van der Waals surface area contributed by atoms with E-state index in [1.165, 1.54) is 0 Å². The number of amides is 3. The molecule has 0 aliphatic carbocycles. The molecular weight excluding hydrogens is 456 g/mol. The number of nitrogens with zero attached hydrogens (tertiary/aromatic N) is 6. The van der Waals surface area contributed by atoms with Crippen LogP contribution in [0.3, 0.4) is 0 Å². The first-order chi connectivity index (χ1) is 17.0. The Bertz CT molecular complexity index is 1020. The molecule has 13 heteroatoms. The third kappa shape index (κ3) is 5.92. The van der Waals surface area contributed by atoms with Gasteiger partial charge in [-0.15, -0.1) is 10.2 Å².